The van der Waals surface area contributed by atoms with Crippen LogP contribution in [0.15, 0.2) is 34.8 Å². The molecule has 20 heavy (non-hydrogen) atoms. The highest BCUT2D eigenvalue weighted by molar-refractivity contribution is 9.10. The van der Waals surface area contributed by atoms with Crippen molar-refractivity contribution in [2.45, 2.75) is 0 Å². The maximum absolute atomic E-state index is 9.73. The lowest BCUT2D eigenvalue weighted by atomic mass is 10.2. The van der Waals surface area contributed by atoms with Crippen LogP contribution < -0.4 is 4.74 Å². The number of methoxy groups -OCH3 is 1. The molecule has 3 aromatic rings. The molecule has 0 saturated heterocycles. The summed E-state index contributed by atoms with van der Waals surface area (Å²) in [5, 5.41) is 19.5. The van der Waals surface area contributed by atoms with E-state index in [0.29, 0.717) is 11.4 Å². The van der Waals surface area contributed by atoms with Crippen molar-refractivity contribution in [3.63, 3.8) is 0 Å². The molecule has 0 fully saturated rings. The summed E-state index contributed by atoms with van der Waals surface area (Å²) >= 11 is 3.09. The predicted molar refractivity (Wildman–Crippen MR) is 79.1 cm³/mol. The number of aromatic hydroxyl groups is 2. The first-order valence-corrected chi connectivity index (χ1v) is 6.63. The van der Waals surface area contributed by atoms with Gasteiger partial charge < -0.3 is 19.9 Å². The van der Waals surface area contributed by atoms with E-state index in [-0.39, 0.29) is 16.0 Å². The molecule has 5 nitrogen and oxygen atoms in total. The third kappa shape index (κ3) is 2.08. The SMILES string of the molecule is COc1ccc2nc(-c3cc(O)c(Br)c(O)c3)[nH]c2c1. The molecular weight excluding hydrogens is 324 g/mol. The molecule has 2 aromatic carbocycles. The summed E-state index contributed by atoms with van der Waals surface area (Å²) in [5.41, 5.74) is 2.20. The van der Waals surface area contributed by atoms with E-state index in [1.807, 2.05) is 18.2 Å². The molecule has 1 heterocycles. The van der Waals surface area contributed by atoms with Crippen LogP contribution in [-0.2, 0) is 0 Å². The molecule has 0 aliphatic carbocycles. The number of phenols is 2. The van der Waals surface area contributed by atoms with Crippen molar-refractivity contribution < 1.29 is 14.9 Å². The van der Waals surface area contributed by atoms with Crippen molar-refractivity contribution in [3.8, 4) is 28.6 Å². The fraction of sp³-hybridized carbons (Fsp3) is 0.0714. The number of phenolic OH excluding ortho intramolecular Hbond substituents is 2. The Labute approximate surface area is 123 Å². The van der Waals surface area contributed by atoms with Crippen molar-refractivity contribution in [3.05, 3.63) is 34.8 Å². The van der Waals surface area contributed by atoms with Gasteiger partial charge in [0.15, 0.2) is 0 Å². The van der Waals surface area contributed by atoms with Crippen molar-refractivity contribution in [2.75, 3.05) is 7.11 Å². The van der Waals surface area contributed by atoms with E-state index in [1.54, 1.807) is 7.11 Å². The predicted octanol–water partition coefficient (Wildman–Crippen LogP) is 3.41. The highest BCUT2D eigenvalue weighted by Gasteiger charge is 2.11. The van der Waals surface area contributed by atoms with Gasteiger partial charge in [-0.3, -0.25) is 0 Å². The molecule has 0 radical (unpaired) electrons. The topological polar surface area (TPSA) is 78.4 Å². The Morgan fingerprint density at radius 1 is 1.15 bits per heavy atom. The molecule has 0 atom stereocenters. The van der Waals surface area contributed by atoms with Crippen molar-refractivity contribution in [1.29, 1.82) is 0 Å². The highest BCUT2D eigenvalue weighted by atomic mass is 79.9. The van der Waals surface area contributed by atoms with Crippen LogP contribution in [0.5, 0.6) is 17.2 Å². The third-order valence-electron chi connectivity index (χ3n) is 3.00. The first-order chi connectivity index (χ1) is 9.58. The Morgan fingerprint density at radius 2 is 1.85 bits per heavy atom. The van der Waals surface area contributed by atoms with Gasteiger partial charge in [0.25, 0.3) is 0 Å². The van der Waals surface area contributed by atoms with Crippen LogP contribution in [0.3, 0.4) is 0 Å². The van der Waals surface area contributed by atoms with Crippen LogP contribution in [0.4, 0.5) is 0 Å². The number of nitrogens with zero attached hydrogens (tertiary/aromatic N) is 1. The second-order valence-corrected chi connectivity index (χ2v) is 5.09. The lowest BCUT2D eigenvalue weighted by Gasteiger charge is -2.03. The van der Waals surface area contributed by atoms with Gasteiger partial charge in [0, 0.05) is 11.6 Å². The molecule has 3 N–H and O–H groups in total. The number of nitrogens with one attached hydrogen (secondary N) is 1. The van der Waals surface area contributed by atoms with Crippen LogP contribution in [-0.4, -0.2) is 27.3 Å². The van der Waals surface area contributed by atoms with Gasteiger partial charge in [0.05, 0.1) is 18.1 Å². The first-order valence-electron chi connectivity index (χ1n) is 5.84. The number of benzene rings is 2. The molecule has 0 spiro atoms. The van der Waals surface area contributed by atoms with E-state index in [0.717, 1.165) is 16.8 Å². The fourth-order valence-corrected chi connectivity index (χ4v) is 2.21. The number of H-pyrrole nitrogens is 1. The molecule has 0 amide bonds. The van der Waals surface area contributed by atoms with E-state index in [4.69, 9.17) is 4.74 Å². The zero-order valence-corrected chi connectivity index (χ0v) is 12.1. The number of rotatable bonds is 2. The van der Waals surface area contributed by atoms with E-state index in [2.05, 4.69) is 25.9 Å². The molecule has 0 unspecified atom stereocenters. The Hall–Kier alpha value is -2.21. The summed E-state index contributed by atoms with van der Waals surface area (Å²) in [6, 6.07) is 8.55. The molecule has 0 saturated carbocycles. The lowest BCUT2D eigenvalue weighted by molar-refractivity contribution is 0.415. The van der Waals surface area contributed by atoms with Gasteiger partial charge in [0.2, 0.25) is 0 Å². The van der Waals surface area contributed by atoms with Crippen LogP contribution in [0.1, 0.15) is 0 Å². The van der Waals surface area contributed by atoms with Crippen molar-refractivity contribution in [1.82, 2.24) is 9.97 Å². The monoisotopic (exact) mass is 334 g/mol. The molecule has 102 valence electrons. The third-order valence-corrected chi connectivity index (χ3v) is 3.81. The molecule has 0 bridgehead atoms. The first kappa shape index (κ1) is 12.8. The minimum atomic E-state index is -0.0435. The number of halogens is 1. The number of aromatic nitrogens is 2. The van der Waals surface area contributed by atoms with Gasteiger partial charge in [-0.2, -0.15) is 0 Å². The number of imidazole rings is 1. The maximum atomic E-state index is 9.73. The minimum Gasteiger partial charge on any atom is -0.507 e. The summed E-state index contributed by atoms with van der Waals surface area (Å²) in [5.74, 6) is 1.21. The zero-order valence-electron chi connectivity index (χ0n) is 10.5. The summed E-state index contributed by atoms with van der Waals surface area (Å²) in [6.45, 7) is 0. The average molecular weight is 335 g/mol. The standard InChI is InChI=1S/C14H11BrN2O3/c1-20-8-2-3-9-10(6-8)17-14(16-9)7-4-11(18)13(15)12(19)5-7/h2-6,18-19H,1H3,(H,16,17). The molecule has 6 heteroatoms. The average Bonchev–Trinajstić information content (AvgIpc) is 2.86. The van der Waals surface area contributed by atoms with Gasteiger partial charge in [-0.15, -0.1) is 0 Å². The molecule has 0 aliphatic heterocycles. The summed E-state index contributed by atoms with van der Waals surface area (Å²) in [6.07, 6.45) is 0. The zero-order chi connectivity index (χ0) is 14.3. The van der Waals surface area contributed by atoms with E-state index < -0.39 is 0 Å². The van der Waals surface area contributed by atoms with Crippen LogP contribution >= 0.6 is 15.9 Å². The maximum Gasteiger partial charge on any atom is 0.138 e. The van der Waals surface area contributed by atoms with Gasteiger partial charge in [0.1, 0.15) is 27.5 Å². The van der Waals surface area contributed by atoms with Crippen LogP contribution in [0.25, 0.3) is 22.4 Å². The van der Waals surface area contributed by atoms with Crippen molar-refractivity contribution in [2.24, 2.45) is 0 Å². The van der Waals surface area contributed by atoms with Gasteiger partial charge in [-0.25, -0.2) is 4.98 Å². The van der Waals surface area contributed by atoms with E-state index >= 15 is 0 Å². The fourth-order valence-electron chi connectivity index (χ4n) is 1.98. The Kier molecular flexibility index (Phi) is 3.02. The number of fused-ring (bicyclic) bond motifs is 1. The largest absolute Gasteiger partial charge is 0.507 e. The van der Waals surface area contributed by atoms with Gasteiger partial charge in [-0.1, -0.05) is 0 Å². The second kappa shape index (κ2) is 4.72. The quantitative estimate of drug-likeness (QED) is 0.671. The molecular formula is C14H11BrN2O3. The van der Waals surface area contributed by atoms with E-state index in [9.17, 15) is 10.2 Å². The molecule has 0 aliphatic rings. The Bertz CT molecular complexity index is 775. The number of hydrogen-bond acceptors (Lipinski definition) is 4. The molecule has 3 rings (SSSR count). The summed E-state index contributed by atoms with van der Waals surface area (Å²) < 4.78 is 5.42. The van der Waals surface area contributed by atoms with Gasteiger partial charge >= 0.3 is 0 Å². The van der Waals surface area contributed by atoms with Crippen LogP contribution in [0, 0.1) is 0 Å². The second-order valence-electron chi connectivity index (χ2n) is 4.30. The Balaban J connectivity index is 2.14. The highest BCUT2D eigenvalue weighted by Crippen LogP contribution is 2.37. The number of ether oxygens (including phenoxy) is 1. The number of aromatic amines is 1. The number of hydrogen-bond donors (Lipinski definition) is 3. The summed E-state index contributed by atoms with van der Waals surface area (Å²) in [7, 11) is 1.60. The lowest BCUT2D eigenvalue weighted by Crippen LogP contribution is -1.82. The Morgan fingerprint density at radius 3 is 2.50 bits per heavy atom. The summed E-state index contributed by atoms with van der Waals surface area (Å²) in [4.78, 5) is 7.55. The molecule has 1 aromatic heterocycles. The minimum absolute atomic E-state index is 0.0435. The van der Waals surface area contributed by atoms with Crippen LogP contribution in [0.2, 0.25) is 0 Å². The normalized spacial score (nSPS) is 10.9. The van der Waals surface area contributed by atoms with Gasteiger partial charge in [-0.05, 0) is 40.2 Å². The van der Waals surface area contributed by atoms with E-state index in [1.165, 1.54) is 12.1 Å². The smallest absolute Gasteiger partial charge is 0.138 e. The van der Waals surface area contributed by atoms with Crippen molar-refractivity contribution >= 4 is 27.0 Å².